The minimum atomic E-state index is -1.13. The van der Waals surface area contributed by atoms with Crippen molar-refractivity contribution in [3.8, 4) is 0 Å². The van der Waals surface area contributed by atoms with Gasteiger partial charge < -0.3 is 29.3 Å². The molecule has 1 aromatic carbocycles. The Morgan fingerprint density at radius 1 is 1.12 bits per heavy atom. The van der Waals surface area contributed by atoms with Crippen molar-refractivity contribution in [3.63, 3.8) is 0 Å². The van der Waals surface area contributed by atoms with Gasteiger partial charge >= 0.3 is 5.97 Å². The molecule has 0 aromatic heterocycles. The molecule has 10 heteroatoms. The van der Waals surface area contributed by atoms with E-state index in [-0.39, 0.29) is 30.4 Å². The Morgan fingerprint density at radius 3 is 2.49 bits per heavy atom. The molecule has 3 fully saturated rings. The van der Waals surface area contributed by atoms with Gasteiger partial charge in [0.25, 0.3) is 0 Å². The summed E-state index contributed by atoms with van der Waals surface area (Å²) in [5, 5.41) is 9.26. The van der Waals surface area contributed by atoms with E-state index in [1.807, 2.05) is 44.2 Å². The molecule has 1 aromatic rings. The number of allylic oxidation sites excluding steroid dienone is 1. The highest BCUT2D eigenvalue weighted by molar-refractivity contribution is 5.98. The van der Waals surface area contributed by atoms with Gasteiger partial charge in [-0.1, -0.05) is 68.7 Å². The number of rotatable bonds is 20. The van der Waals surface area contributed by atoms with Crippen LogP contribution < -0.4 is 0 Å². The molecule has 3 aliphatic heterocycles. The highest BCUT2D eigenvalue weighted by Crippen LogP contribution is 2.59. The summed E-state index contributed by atoms with van der Waals surface area (Å²) in [7, 11) is 1.71. The number of ether oxygens (including phenoxy) is 2. The Morgan fingerprint density at radius 2 is 1.84 bits per heavy atom. The molecule has 0 saturated carbocycles. The quantitative estimate of drug-likeness (QED) is 0.114. The summed E-state index contributed by atoms with van der Waals surface area (Å²) in [6.07, 6.45) is 8.62. The van der Waals surface area contributed by atoms with Crippen molar-refractivity contribution in [1.29, 1.82) is 0 Å². The first-order chi connectivity index (χ1) is 23.6. The number of benzene rings is 1. The van der Waals surface area contributed by atoms with Crippen molar-refractivity contribution in [2.24, 2.45) is 11.8 Å². The molecule has 3 saturated heterocycles. The molecule has 1 spiro atoms. The van der Waals surface area contributed by atoms with Crippen LogP contribution in [0.5, 0.6) is 0 Å². The van der Waals surface area contributed by atoms with Crippen molar-refractivity contribution >= 4 is 23.7 Å². The summed E-state index contributed by atoms with van der Waals surface area (Å²) >= 11 is 0. The molecule has 49 heavy (non-hydrogen) atoms. The van der Waals surface area contributed by atoms with Crippen LogP contribution >= 0.6 is 0 Å². The topological polar surface area (TPSA) is 117 Å². The van der Waals surface area contributed by atoms with E-state index in [4.69, 9.17) is 9.47 Å². The largest absolute Gasteiger partial charge is 0.455 e. The number of likely N-dealkylation sites (tertiary alicyclic amines) is 1. The number of esters is 1. The highest BCUT2D eigenvalue weighted by atomic mass is 16.6. The van der Waals surface area contributed by atoms with Crippen LogP contribution in [0.15, 0.2) is 55.6 Å². The molecule has 1 N–H and O–H groups in total. The van der Waals surface area contributed by atoms with Gasteiger partial charge in [0.2, 0.25) is 17.7 Å². The predicted molar refractivity (Wildman–Crippen MR) is 188 cm³/mol. The zero-order chi connectivity index (χ0) is 35.7. The summed E-state index contributed by atoms with van der Waals surface area (Å²) in [5.41, 5.74) is -0.393. The van der Waals surface area contributed by atoms with Gasteiger partial charge in [-0.05, 0) is 57.9 Å². The van der Waals surface area contributed by atoms with Gasteiger partial charge in [0.1, 0.15) is 17.7 Å². The van der Waals surface area contributed by atoms with Gasteiger partial charge in [0, 0.05) is 39.2 Å². The molecule has 10 nitrogen and oxygen atoms in total. The Kier molecular flexibility index (Phi) is 13.6. The second-order valence-electron chi connectivity index (χ2n) is 14.0. The van der Waals surface area contributed by atoms with Crippen molar-refractivity contribution in [3.05, 3.63) is 61.2 Å². The van der Waals surface area contributed by atoms with Crippen LogP contribution in [0.3, 0.4) is 0 Å². The zero-order valence-electron chi connectivity index (χ0n) is 29.9. The molecule has 3 amide bonds. The number of likely N-dealkylation sites (N-methyl/N-ethyl adjacent to an activating group) is 1. The van der Waals surface area contributed by atoms with Gasteiger partial charge in [-0.25, -0.2) is 0 Å². The number of aliphatic hydroxyl groups is 1. The Bertz CT molecular complexity index is 1320. The van der Waals surface area contributed by atoms with E-state index in [1.54, 1.807) is 33.9 Å². The number of hydrogen-bond donors (Lipinski definition) is 1. The second kappa shape index (κ2) is 17.4. The number of carbonyl (C=O) groups is 4. The van der Waals surface area contributed by atoms with Crippen LogP contribution in [0.1, 0.15) is 96.6 Å². The molecule has 8 atom stereocenters. The van der Waals surface area contributed by atoms with E-state index in [1.165, 1.54) is 0 Å². The first-order valence-corrected chi connectivity index (χ1v) is 18.2. The maximum absolute atomic E-state index is 14.6. The maximum atomic E-state index is 14.6. The molecular weight excluding hydrogens is 622 g/mol. The SMILES string of the molecule is C=CCCC(=O)N(C)[C@@H](C)[C@@H](OC(=O)[C@@H]1[C@H]2C(=O)N(CCCCCCO)[C@H](C(=O)N(CC=C)C(C)CCC)[C@]23CC[C@H]1O3)c1ccccc1. The van der Waals surface area contributed by atoms with Crippen LogP contribution in [0.25, 0.3) is 0 Å². The molecule has 0 aliphatic carbocycles. The van der Waals surface area contributed by atoms with Crippen LogP contribution in [0.2, 0.25) is 0 Å². The summed E-state index contributed by atoms with van der Waals surface area (Å²) in [5.74, 6) is -2.77. The second-order valence-corrected chi connectivity index (χ2v) is 14.0. The summed E-state index contributed by atoms with van der Waals surface area (Å²) in [4.78, 5) is 61.6. The third-order valence-electron chi connectivity index (χ3n) is 10.8. The van der Waals surface area contributed by atoms with Crippen LogP contribution in [0.4, 0.5) is 0 Å². The molecule has 2 bridgehead atoms. The van der Waals surface area contributed by atoms with E-state index < -0.39 is 47.7 Å². The maximum Gasteiger partial charge on any atom is 0.313 e. The lowest BCUT2D eigenvalue weighted by Crippen LogP contribution is -2.57. The normalized spacial score (nSPS) is 25.7. The van der Waals surface area contributed by atoms with Gasteiger partial charge in [-0.2, -0.15) is 0 Å². The fraction of sp³-hybridized carbons (Fsp3) is 0.641. The average Bonchev–Trinajstić information content (AvgIpc) is 3.75. The van der Waals surface area contributed by atoms with Crippen LogP contribution in [0, 0.1) is 11.8 Å². The van der Waals surface area contributed by atoms with Crippen molar-refractivity contribution in [2.45, 2.75) is 121 Å². The molecule has 4 rings (SSSR count). The van der Waals surface area contributed by atoms with Crippen molar-refractivity contribution in [1.82, 2.24) is 14.7 Å². The fourth-order valence-electron chi connectivity index (χ4n) is 8.17. The Hall–Kier alpha value is -3.50. The number of amides is 3. The molecule has 3 heterocycles. The number of hydrogen-bond acceptors (Lipinski definition) is 7. The van der Waals surface area contributed by atoms with Gasteiger partial charge in [0.15, 0.2) is 0 Å². The summed E-state index contributed by atoms with van der Waals surface area (Å²) in [6.45, 7) is 14.4. The zero-order valence-corrected chi connectivity index (χ0v) is 29.9. The predicted octanol–water partition coefficient (Wildman–Crippen LogP) is 5.21. The number of carbonyl (C=O) groups excluding carboxylic acids is 4. The van der Waals surface area contributed by atoms with Crippen LogP contribution in [-0.2, 0) is 28.7 Å². The number of aliphatic hydroxyl groups excluding tert-OH is 1. The monoisotopic (exact) mass is 679 g/mol. The first kappa shape index (κ1) is 38.3. The molecule has 270 valence electrons. The smallest absolute Gasteiger partial charge is 0.313 e. The lowest BCUT2D eigenvalue weighted by Gasteiger charge is -2.39. The lowest BCUT2D eigenvalue weighted by atomic mass is 9.70. The Labute approximate surface area is 292 Å². The van der Waals surface area contributed by atoms with Crippen molar-refractivity contribution < 1.29 is 33.8 Å². The molecule has 0 radical (unpaired) electrons. The minimum absolute atomic E-state index is 0.0638. The van der Waals surface area contributed by atoms with E-state index >= 15 is 0 Å². The standard InChI is InChI=1S/C39H57N3O7/c1-7-10-21-31(44)40(6)28(5)34(29-19-14-13-15-20-29)48-38(47)32-30-22-23-39(49-30)33(32)36(45)42(25-16-11-12-17-26-43)35(39)37(46)41(24-9-3)27(4)18-8-2/h7,9,13-15,19-20,27-28,30,32-35,43H,1,3,8,10-12,16-18,21-26H2,2,4-6H3/t27?,28-,30+,32-,33-,34+,35+,39-/m0/s1. The van der Waals surface area contributed by atoms with Gasteiger partial charge in [-0.15, -0.1) is 13.2 Å². The van der Waals surface area contributed by atoms with Gasteiger partial charge in [-0.3, -0.25) is 19.2 Å². The number of unbranched alkanes of at least 4 members (excludes halogenated alkanes) is 3. The fourth-order valence-corrected chi connectivity index (χ4v) is 8.17. The lowest BCUT2D eigenvalue weighted by molar-refractivity contribution is -0.164. The first-order valence-electron chi connectivity index (χ1n) is 18.2. The number of nitrogens with zero attached hydrogens (tertiary/aromatic N) is 3. The van der Waals surface area contributed by atoms with E-state index in [9.17, 15) is 24.3 Å². The summed E-state index contributed by atoms with van der Waals surface area (Å²) < 4.78 is 13.0. The van der Waals surface area contributed by atoms with E-state index in [0.717, 1.165) is 31.2 Å². The average molecular weight is 680 g/mol. The molecular formula is C39H57N3O7. The van der Waals surface area contributed by atoms with E-state index in [2.05, 4.69) is 20.1 Å². The number of fused-ring (bicyclic) bond motifs is 1. The third-order valence-corrected chi connectivity index (χ3v) is 10.8. The van der Waals surface area contributed by atoms with Gasteiger partial charge in [0.05, 0.1) is 24.0 Å². The molecule has 1 unspecified atom stereocenters. The van der Waals surface area contributed by atoms with Crippen LogP contribution in [-0.4, -0.2) is 100 Å². The summed E-state index contributed by atoms with van der Waals surface area (Å²) in [6, 6.07) is 7.93. The Balaban J connectivity index is 1.67. The van der Waals surface area contributed by atoms with E-state index in [0.29, 0.717) is 51.6 Å². The minimum Gasteiger partial charge on any atom is -0.455 e. The third kappa shape index (κ3) is 7.96. The van der Waals surface area contributed by atoms with Crippen molar-refractivity contribution in [2.75, 3.05) is 26.7 Å². The highest BCUT2D eigenvalue weighted by Gasteiger charge is 2.75. The molecule has 3 aliphatic rings.